The molecule has 2 unspecified atom stereocenters. The molecule has 0 aliphatic carbocycles. The Kier molecular flexibility index (Phi) is 5.16. The molecule has 1 rings (SSSR count). The number of rotatable bonds is 5. The maximum Gasteiger partial charge on any atom is 0.241 e. The van der Waals surface area contributed by atoms with Gasteiger partial charge in [0.05, 0.1) is 0 Å². The van der Waals surface area contributed by atoms with Gasteiger partial charge in [0.2, 0.25) is 5.91 Å². The molecule has 3 atom stereocenters. The number of amides is 1. The summed E-state index contributed by atoms with van der Waals surface area (Å²) in [6.07, 6.45) is 1.04. The van der Waals surface area contributed by atoms with Gasteiger partial charge < -0.3 is 11.1 Å². The van der Waals surface area contributed by atoms with Crippen LogP contribution >= 0.6 is 0 Å². The van der Waals surface area contributed by atoms with Gasteiger partial charge >= 0.3 is 0 Å². The molecule has 0 saturated carbocycles. The highest BCUT2D eigenvalue weighted by Crippen LogP contribution is 2.12. The van der Waals surface area contributed by atoms with E-state index in [1.165, 1.54) is 0 Å². The highest BCUT2D eigenvalue weighted by Gasteiger charge is 2.19. The van der Waals surface area contributed by atoms with Crippen LogP contribution in [0.5, 0.6) is 0 Å². The van der Waals surface area contributed by atoms with Crippen LogP contribution in [0, 0.1) is 5.92 Å². The van der Waals surface area contributed by atoms with E-state index in [0.717, 1.165) is 12.0 Å². The Balaban J connectivity index is 2.59. The molecule has 0 aliphatic heterocycles. The third-order valence-electron chi connectivity index (χ3n) is 3.31. The molecule has 0 aromatic heterocycles. The van der Waals surface area contributed by atoms with E-state index in [1.54, 1.807) is 0 Å². The van der Waals surface area contributed by atoms with Crippen LogP contribution < -0.4 is 11.1 Å². The summed E-state index contributed by atoms with van der Waals surface area (Å²) < 4.78 is 0. The van der Waals surface area contributed by atoms with Crippen LogP contribution in [0.1, 0.15) is 38.8 Å². The zero-order valence-corrected chi connectivity index (χ0v) is 10.8. The molecule has 1 aromatic carbocycles. The van der Waals surface area contributed by atoms with E-state index in [-0.39, 0.29) is 11.9 Å². The lowest BCUT2D eigenvalue weighted by molar-refractivity contribution is -0.123. The number of nitrogens with one attached hydrogen (secondary N) is 1. The zero-order chi connectivity index (χ0) is 12.8. The number of hydrogen-bond donors (Lipinski definition) is 2. The lowest BCUT2D eigenvalue weighted by atomic mass is 10.00. The van der Waals surface area contributed by atoms with Crippen molar-refractivity contribution >= 4 is 5.91 Å². The third-order valence-corrected chi connectivity index (χ3v) is 3.31. The fourth-order valence-electron chi connectivity index (χ4n) is 1.62. The predicted molar refractivity (Wildman–Crippen MR) is 70.4 cm³/mol. The van der Waals surface area contributed by atoms with E-state index in [2.05, 4.69) is 19.2 Å². The minimum atomic E-state index is -0.581. The Hall–Kier alpha value is -1.35. The van der Waals surface area contributed by atoms with Gasteiger partial charge in [0.15, 0.2) is 0 Å². The number of hydrogen-bond acceptors (Lipinski definition) is 2. The second-order valence-electron chi connectivity index (χ2n) is 4.57. The standard InChI is InChI=1S/C14H22N2O/c1-4-10(2)11(3)16-14(17)13(15)12-8-6-5-7-9-12/h5-11,13H,4,15H2,1-3H3,(H,16,17)/t10?,11?,13-/m1/s1. The van der Waals surface area contributed by atoms with E-state index in [4.69, 9.17) is 5.73 Å². The van der Waals surface area contributed by atoms with Gasteiger partial charge in [-0.15, -0.1) is 0 Å². The largest absolute Gasteiger partial charge is 0.352 e. The van der Waals surface area contributed by atoms with E-state index >= 15 is 0 Å². The van der Waals surface area contributed by atoms with Crippen LogP contribution in [-0.4, -0.2) is 11.9 Å². The van der Waals surface area contributed by atoms with Crippen molar-refractivity contribution in [2.45, 2.75) is 39.3 Å². The predicted octanol–water partition coefficient (Wildman–Crippen LogP) is 2.24. The zero-order valence-electron chi connectivity index (χ0n) is 10.8. The molecule has 0 aliphatic rings. The Morgan fingerprint density at radius 1 is 1.29 bits per heavy atom. The van der Waals surface area contributed by atoms with E-state index in [1.807, 2.05) is 37.3 Å². The second kappa shape index (κ2) is 6.40. The highest BCUT2D eigenvalue weighted by atomic mass is 16.2. The van der Waals surface area contributed by atoms with Crippen molar-refractivity contribution in [3.63, 3.8) is 0 Å². The van der Waals surface area contributed by atoms with Crippen LogP contribution in [0.25, 0.3) is 0 Å². The van der Waals surface area contributed by atoms with Crippen LogP contribution in [0.4, 0.5) is 0 Å². The number of benzene rings is 1. The fourth-order valence-corrected chi connectivity index (χ4v) is 1.62. The van der Waals surface area contributed by atoms with Gasteiger partial charge in [-0.25, -0.2) is 0 Å². The Morgan fingerprint density at radius 3 is 2.41 bits per heavy atom. The maximum absolute atomic E-state index is 11.9. The summed E-state index contributed by atoms with van der Waals surface area (Å²) in [7, 11) is 0. The number of carbonyl (C=O) groups excluding carboxylic acids is 1. The minimum Gasteiger partial charge on any atom is -0.352 e. The summed E-state index contributed by atoms with van der Waals surface area (Å²) in [5.74, 6) is 0.353. The fraction of sp³-hybridized carbons (Fsp3) is 0.500. The van der Waals surface area contributed by atoms with Crippen molar-refractivity contribution in [3.05, 3.63) is 35.9 Å². The molecular formula is C14H22N2O. The van der Waals surface area contributed by atoms with Crippen molar-refractivity contribution in [3.8, 4) is 0 Å². The minimum absolute atomic E-state index is 0.107. The van der Waals surface area contributed by atoms with Crippen LogP contribution in [0.15, 0.2) is 30.3 Å². The Labute approximate surface area is 103 Å². The van der Waals surface area contributed by atoms with Gasteiger partial charge in [-0.1, -0.05) is 50.6 Å². The first-order valence-corrected chi connectivity index (χ1v) is 6.17. The van der Waals surface area contributed by atoms with Gasteiger partial charge in [-0.05, 0) is 18.4 Å². The van der Waals surface area contributed by atoms with Gasteiger partial charge in [0.1, 0.15) is 6.04 Å². The molecule has 0 saturated heterocycles. The van der Waals surface area contributed by atoms with Gasteiger partial charge in [0.25, 0.3) is 0 Å². The highest BCUT2D eigenvalue weighted by molar-refractivity contribution is 5.83. The van der Waals surface area contributed by atoms with Gasteiger partial charge in [-0.3, -0.25) is 4.79 Å². The van der Waals surface area contributed by atoms with E-state index in [0.29, 0.717) is 5.92 Å². The van der Waals surface area contributed by atoms with Gasteiger partial charge in [-0.2, -0.15) is 0 Å². The Morgan fingerprint density at radius 2 is 1.88 bits per heavy atom. The summed E-state index contributed by atoms with van der Waals surface area (Å²) in [4.78, 5) is 11.9. The monoisotopic (exact) mass is 234 g/mol. The summed E-state index contributed by atoms with van der Waals surface area (Å²) in [6.45, 7) is 6.26. The van der Waals surface area contributed by atoms with Gasteiger partial charge in [0, 0.05) is 6.04 Å². The molecule has 17 heavy (non-hydrogen) atoms. The molecule has 0 bridgehead atoms. The first-order chi connectivity index (χ1) is 8.06. The smallest absolute Gasteiger partial charge is 0.241 e. The first-order valence-electron chi connectivity index (χ1n) is 6.17. The van der Waals surface area contributed by atoms with Crippen molar-refractivity contribution < 1.29 is 4.79 Å². The molecule has 3 heteroatoms. The first kappa shape index (κ1) is 13.7. The third kappa shape index (κ3) is 3.86. The van der Waals surface area contributed by atoms with E-state index < -0.39 is 6.04 Å². The SMILES string of the molecule is CCC(C)C(C)NC(=O)[C@H](N)c1ccccc1. The van der Waals surface area contributed by atoms with Crippen LogP contribution in [0.2, 0.25) is 0 Å². The molecule has 3 N–H and O–H groups in total. The molecule has 0 heterocycles. The normalized spacial score (nSPS) is 16.0. The second-order valence-corrected chi connectivity index (χ2v) is 4.57. The molecule has 0 fully saturated rings. The van der Waals surface area contributed by atoms with Crippen molar-refractivity contribution in [2.75, 3.05) is 0 Å². The van der Waals surface area contributed by atoms with Crippen molar-refractivity contribution in [2.24, 2.45) is 11.7 Å². The summed E-state index contributed by atoms with van der Waals surface area (Å²) >= 11 is 0. The summed E-state index contributed by atoms with van der Waals surface area (Å²) in [6, 6.07) is 9.01. The molecule has 94 valence electrons. The van der Waals surface area contributed by atoms with Crippen LogP contribution in [0.3, 0.4) is 0 Å². The van der Waals surface area contributed by atoms with Crippen molar-refractivity contribution in [1.29, 1.82) is 0 Å². The quantitative estimate of drug-likeness (QED) is 0.821. The topological polar surface area (TPSA) is 55.1 Å². The lowest BCUT2D eigenvalue weighted by Crippen LogP contribution is -2.42. The molecule has 3 nitrogen and oxygen atoms in total. The molecule has 0 spiro atoms. The summed E-state index contributed by atoms with van der Waals surface area (Å²) in [5, 5.41) is 2.96. The average molecular weight is 234 g/mol. The molecular weight excluding hydrogens is 212 g/mol. The number of carbonyl (C=O) groups is 1. The summed E-state index contributed by atoms with van der Waals surface area (Å²) in [5.41, 5.74) is 6.76. The van der Waals surface area contributed by atoms with Crippen molar-refractivity contribution in [1.82, 2.24) is 5.32 Å². The molecule has 1 amide bonds. The maximum atomic E-state index is 11.9. The van der Waals surface area contributed by atoms with E-state index in [9.17, 15) is 4.79 Å². The Bertz CT molecular complexity index is 350. The molecule has 0 radical (unpaired) electrons. The van der Waals surface area contributed by atoms with Crippen LogP contribution in [-0.2, 0) is 4.79 Å². The lowest BCUT2D eigenvalue weighted by Gasteiger charge is -2.22. The average Bonchev–Trinajstić information content (AvgIpc) is 2.37. The molecule has 1 aromatic rings. The number of nitrogens with two attached hydrogens (primary N) is 1.